The molecule has 2 rings (SSSR count). The van der Waals surface area contributed by atoms with Crippen molar-refractivity contribution in [2.75, 3.05) is 0 Å². The topological polar surface area (TPSA) is 66.0 Å². The number of halogens is 2. The first-order valence-corrected chi connectivity index (χ1v) is 5.08. The highest BCUT2D eigenvalue weighted by molar-refractivity contribution is 6.43. The Bertz CT molecular complexity index is 552. The van der Waals surface area contributed by atoms with Crippen LogP contribution in [0.2, 0.25) is 10.0 Å². The molecular formula is C10H6Cl2N2O2. The van der Waals surface area contributed by atoms with E-state index in [1.807, 2.05) is 0 Å². The van der Waals surface area contributed by atoms with E-state index in [1.54, 1.807) is 18.2 Å². The fourth-order valence-electron chi connectivity index (χ4n) is 1.35. The van der Waals surface area contributed by atoms with Crippen LogP contribution in [-0.4, -0.2) is 21.3 Å². The lowest BCUT2D eigenvalue weighted by atomic mass is 10.1. The van der Waals surface area contributed by atoms with E-state index in [-0.39, 0.29) is 5.56 Å². The number of aromatic amines is 1. The van der Waals surface area contributed by atoms with Crippen molar-refractivity contribution in [1.82, 2.24) is 10.2 Å². The van der Waals surface area contributed by atoms with Crippen LogP contribution in [0, 0.1) is 0 Å². The molecule has 0 aliphatic heterocycles. The number of aromatic carboxylic acids is 1. The second-order valence-corrected chi connectivity index (χ2v) is 3.85. The zero-order valence-electron chi connectivity index (χ0n) is 7.87. The number of carboxylic acids is 1. The molecule has 0 aliphatic rings. The normalized spacial score (nSPS) is 10.4. The minimum absolute atomic E-state index is 0.0594. The lowest BCUT2D eigenvalue weighted by molar-refractivity contribution is 0.0698. The van der Waals surface area contributed by atoms with Crippen molar-refractivity contribution < 1.29 is 9.90 Å². The van der Waals surface area contributed by atoms with Gasteiger partial charge in [-0.3, -0.25) is 5.10 Å². The number of hydrogen-bond acceptors (Lipinski definition) is 2. The number of benzene rings is 1. The Morgan fingerprint density at radius 2 is 2.12 bits per heavy atom. The summed E-state index contributed by atoms with van der Waals surface area (Å²) in [6, 6.07) is 4.99. The van der Waals surface area contributed by atoms with E-state index in [0.717, 1.165) is 0 Å². The first kappa shape index (κ1) is 11.0. The molecule has 1 aromatic heterocycles. The number of hydrogen-bond donors (Lipinski definition) is 2. The summed E-state index contributed by atoms with van der Waals surface area (Å²) in [5.41, 5.74) is 0.924. The predicted octanol–water partition coefficient (Wildman–Crippen LogP) is 3.08. The third-order valence-electron chi connectivity index (χ3n) is 2.09. The summed E-state index contributed by atoms with van der Waals surface area (Å²) in [7, 11) is 0. The molecule has 16 heavy (non-hydrogen) atoms. The van der Waals surface area contributed by atoms with Crippen LogP contribution in [0.15, 0.2) is 24.4 Å². The fourth-order valence-corrected chi connectivity index (χ4v) is 1.75. The van der Waals surface area contributed by atoms with Crippen LogP contribution in [-0.2, 0) is 0 Å². The van der Waals surface area contributed by atoms with Gasteiger partial charge in [-0.1, -0.05) is 35.3 Å². The van der Waals surface area contributed by atoms with Gasteiger partial charge in [0.15, 0.2) is 0 Å². The molecule has 6 heteroatoms. The predicted molar refractivity (Wildman–Crippen MR) is 61.0 cm³/mol. The number of nitrogens with zero attached hydrogens (tertiary/aromatic N) is 1. The number of rotatable bonds is 2. The molecule has 0 saturated heterocycles. The van der Waals surface area contributed by atoms with Crippen LogP contribution in [0.25, 0.3) is 11.3 Å². The monoisotopic (exact) mass is 256 g/mol. The van der Waals surface area contributed by atoms with Crippen molar-refractivity contribution in [2.24, 2.45) is 0 Å². The summed E-state index contributed by atoms with van der Waals surface area (Å²) >= 11 is 11.8. The van der Waals surface area contributed by atoms with E-state index in [2.05, 4.69) is 10.2 Å². The van der Waals surface area contributed by atoms with E-state index in [0.29, 0.717) is 21.3 Å². The van der Waals surface area contributed by atoms with Gasteiger partial charge in [0.2, 0.25) is 0 Å². The maximum Gasteiger partial charge on any atom is 0.339 e. The molecule has 0 spiro atoms. The summed E-state index contributed by atoms with van der Waals surface area (Å²) in [5, 5.41) is 15.9. The smallest absolute Gasteiger partial charge is 0.339 e. The number of carbonyl (C=O) groups is 1. The van der Waals surface area contributed by atoms with Crippen LogP contribution in [0.5, 0.6) is 0 Å². The molecule has 0 radical (unpaired) electrons. The second-order valence-electron chi connectivity index (χ2n) is 3.07. The SMILES string of the molecule is O=C(O)c1cn[nH]c1-c1cccc(Cl)c1Cl. The quantitative estimate of drug-likeness (QED) is 0.868. The molecule has 4 nitrogen and oxygen atoms in total. The highest BCUT2D eigenvalue weighted by Crippen LogP contribution is 2.33. The Labute approximate surface area is 101 Å². The number of carboxylic acid groups (broad SMARTS) is 1. The highest BCUT2D eigenvalue weighted by Gasteiger charge is 2.17. The van der Waals surface area contributed by atoms with Crippen molar-refractivity contribution in [3.8, 4) is 11.3 Å². The Morgan fingerprint density at radius 3 is 2.81 bits per heavy atom. The molecule has 82 valence electrons. The molecule has 0 unspecified atom stereocenters. The lowest BCUT2D eigenvalue weighted by Crippen LogP contribution is -1.97. The molecule has 0 saturated carbocycles. The number of aromatic nitrogens is 2. The molecule has 0 amide bonds. The first-order valence-electron chi connectivity index (χ1n) is 4.32. The largest absolute Gasteiger partial charge is 0.478 e. The van der Waals surface area contributed by atoms with Crippen molar-refractivity contribution >= 4 is 29.2 Å². The fraction of sp³-hybridized carbons (Fsp3) is 0. The average molecular weight is 257 g/mol. The Kier molecular flexibility index (Phi) is 2.85. The van der Waals surface area contributed by atoms with Gasteiger partial charge in [-0.15, -0.1) is 0 Å². The highest BCUT2D eigenvalue weighted by atomic mass is 35.5. The van der Waals surface area contributed by atoms with Gasteiger partial charge in [-0.25, -0.2) is 4.79 Å². The van der Waals surface area contributed by atoms with Gasteiger partial charge in [0.1, 0.15) is 5.56 Å². The third-order valence-corrected chi connectivity index (χ3v) is 2.91. The molecule has 0 bridgehead atoms. The number of nitrogens with one attached hydrogen (secondary N) is 1. The van der Waals surface area contributed by atoms with Crippen LogP contribution in [0.4, 0.5) is 0 Å². The summed E-state index contributed by atoms with van der Waals surface area (Å²) < 4.78 is 0. The molecule has 1 aromatic carbocycles. The second kappa shape index (κ2) is 4.15. The maximum atomic E-state index is 10.9. The minimum atomic E-state index is -1.07. The van der Waals surface area contributed by atoms with Gasteiger partial charge in [0.25, 0.3) is 0 Å². The summed E-state index contributed by atoms with van der Waals surface area (Å²) in [5.74, 6) is -1.07. The van der Waals surface area contributed by atoms with Crippen molar-refractivity contribution in [3.63, 3.8) is 0 Å². The van der Waals surface area contributed by atoms with Gasteiger partial charge in [-0.2, -0.15) is 5.10 Å². The third kappa shape index (κ3) is 1.77. The van der Waals surface area contributed by atoms with Gasteiger partial charge < -0.3 is 5.11 Å². The summed E-state index contributed by atoms with van der Waals surface area (Å²) in [4.78, 5) is 10.9. The summed E-state index contributed by atoms with van der Waals surface area (Å²) in [6.07, 6.45) is 1.23. The van der Waals surface area contributed by atoms with Gasteiger partial charge in [-0.05, 0) is 6.07 Å². The van der Waals surface area contributed by atoms with Gasteiger partial charge >= 0.3 is 5.97 Å². The molecular weight excluding hydrogens is 251 g/mol. The molecule has 2 aromatic rings. The molecule has 2 N–H and O–H groups in total. The van der Waals surface area contributed by atoms with E-state index < -0.39 is 5.97 Å². The number of H-pyrrole nitrogens is 1. The van der Waals surface area contributed by atoms with Crippen LogP contribution >= 0.6 is 23.2 Å². The van der Waals surface area contributed by atoms with Crippen LogP contribution in [0.3, 0.4) is 0 Å². The Morgan fingerprint density at radius 1 is 1.38 bits per heavy atom. The maximum absolute atomic E-state index is 10.9. The average Bonchev–Trinajstić information content (AvgIpc) is 2.70. The van der Waals surface area contributed by atoms with Crippen molar-refractivity contribution in [2.45, 2.75) is 0 Å². The van der Waals surface area contributed by atoms with Crippen molar-refractivity contribution in [3.05, 3.63) is 40.0 Å². The van der Waals surface area contributed by atoms with E-state index >= 15 is 0 Å². The van der Waals surface area contributed by atoms with E-state index in [9.17, 15) is 4.79 Å². The first-order chi connectivity index (χ1) is 7.61. The van der Waals surface area contributed by atoms with Crippen molar-refractivity contribution in [1.29, 1.82) is 0 Å². The van der Waals surface area contributed by atoms with E-state index in [1.165, 1.54) is 6.20 Å². The molecule has 1 heterocycles. The lowest BCUT2D eigenvalue weighted by Gasteiger charge is -2.04. The Hall–Kier alpha value is -1.52. The Balaban J connectivity index is 2.63. The molecule has 0 aliphatic carbocycles. The van der Waals surface area contributed by atoms with Gasteiger partial charge in [0, 0.05) is 5.56 Å². The minimum Gasteiger partial charge on any atom is -0.478 e. The molecule has 0 fully saturated rings. The molecule has 0 atom stereocenters. The van der Waals surface area contributed by atoms with Crippen LogP contribution < -0.4 is 0 Å². The zero-order valence-corrected chi connectivity index (χ0v) is 9.38. The van der Waals surface area contributed by atoms with E-state index in [4.69, 9.17) is 28.3 Å². The summed E-state index contributed by atoms with van der Waals surface area (Å²) in [6.45, 7) is 0. The zero-order chi connectivity index (χ0) is 11.7. The standard InChI is InChI=1S/C10H6Cl2N2O2/c11-7-3-1-2-5(8(7)12)9-6(10(15)16)4-13-14-9/h1-4H,(H,13,14)(H,15,16). The van der Waals surface area contributed by atoms with Crippen LogP contribution in [0.1, 0.15) is 10.4 Å². The van der Waals surface area contributed by atoms with Gasteiger partial charge in [0.05, 0.1) is 21.9 Å².